The van der Waals surface area contributed by atoms with Crippen LogP contribution in [0.5, 0.6) is 5.75 Å². The summed E-state index contributed by atoms with van der Waals surface area (Å²) in [5.41, 5.74) is 0.161. The van der Waals surface area contributed by atoms with Gasteiger partial charge in [0.15, 0.2) is 15.0 Å². The lowest BCUT2D eigenvalue weighted by molar-refractivity contribution is 0.102. The number of carbonyl (C=O) groups is 1. The molecule has 1 aromatic carbocycles. The predicted octanol–water partition coefficient (Wildman–Crippen LogP) is 2.27. The maximum Gasteiger partial charge on any atom is 0.261 e. The zero-order chi connectivity index (χ0) is 18.7. The highest BCUT2D eigenvalue weighted by atomic mass is 32.2. The molecule has 140 valence electrons. The highest BCUT2D eigenvalue weighted by molar-refractivity contribution is 7.90. The van der Waals surface area contributed by atoms with E-state index in [1.807, 2.05) is 0 Å². The quantitative estimate of drug-likeness (QED) is 0.806. The number of nitrogens with zero attached hydrogens (tertiary/aromatic N) is 1. The van der Waals surface area contributed by atoms with Crippen molar-refractivity contribution < 1.29 is 17.9 Å². The second kappa shape index (κ2) is 7.73. The third kappa shape index (κ3) is 4.22. The fourth-order valence-corrected chi connectivity index (χ4v) is 4.53. The van der Waals surface area contributed by atoms with E-state index in [0.29, 0.717) is 16.8 Å². The van der Waals surface area contributed by atoms with Crippen LogP contribution in [-0.2, 0) is 9.84 Å². The van der Waals surface area contributed by atoms with Gasteiger partial charge in [-0.25, -0.2) is 13.4 Å². The van der Waals surface area contributed by atoms with Crippen LogP contribution in [0.4, 0.5) is 5.13 Å². The molecule has 1 amide bonds. The van der Waals surface area contributed by atoms with E-state index in [2.05, 4.69) is 15.6 Å². The van der Waals surface area contributed by atoms with Gasteiger partial charge in [-0.3, -0.25) is 10.1 Å². The van der Waals surface area contributed by atoms with Crippen molar-refractivity contribution >= 4 is 32.2 Å². The molecule has 2 N–H and O–H groups in total. The zero-order valence-corrected chi connectivity index (χ0v) is 16.2. The number of methoxy groups -OCH3 is 1. The van der Waals surface area contributed by atoms with Crippen molar-refractivity contribution in [3.8, 4) is 5.75 Å². The van der Waals surface area contributed by atoms with Crippen LogP contribution in [0.25, 0.3) is 0 Å². The summed E-state index contributed by atoms with van der Waals surface area (Å²) in [7, 11) is -1.99. The van der Waals surface area contributed by atoms with Gasteiger partial charge in [0.25, 0.3) is 5.91 Å². The maximum absolute atomic E-state index is 12.6. The summed E-state index contributed by atoms with van der Waals surface area (Å²) in [6.07, 6.45) is 5.02. The Morgan fingerprint density at radius 2 is 2.08 bits per heavy atom. The van der Waals surface area contributed by atoms with Gasteiger partial charge < -0.3 is 10.1 Å². The number of thiazole rings is 1. The highest BCUT2D eigenvalue weighted by Crippen LogP contribution is 2.32. The molecule has 1 saturated heterocycles. The molecule has 1 aliphatic heterocycles. The number of amides is 1. The van der Waals surface area contributed by atoms with Crippen molar-refractivity contribution in [2.75, 3.05) is 31.8 Å². The van der Waals surface area contributed by atoms with Gasteiger partial charge in [-0.15, -0.1) is 11.3 Å². The number of aromatic nitrogens is 1. The van der Waals surface area contributed by atoms with Crippen LogP contribution in [0.15, 0.2) is 29.3 Å². The van der Waals surface area contributed by atoms with Crippen LogP contribution >= 0.6 is 11.3 Å². The SMILES string of the molecule is COc1ccc(S(C)(=O)=O)cc1C(=O)Nc1ncc(C2CCNCC2)s1. The molecule has 1 fully saturated rings. The van der Waals surface area contributed by atoms with Gasteiger partial charge in [0.2, 0.25) is 0 Å². The lowest BCUT2D eigenvalue weighted by atomic mass is 9.97. The summed E-state index contributed by atoms with van der Waals surface area (Å²) in [4.78, 5) is 18.1. The summed E-state index contributed by atoms with van der Waals surface area (Å²) in [5.74, 6) is 0.325. The Hall–Kier alpha value is -1.97. The lowest BCUT2D eigenvalue weighted by Crippen LogP contribution is -2.26. The largest absolute Gasteiger partial charge is 0.496 e. The monoisotopic (exact) mass is 395 g/mol. The topological polar surface area (TPSA) is 97.4 Å². The van der Waals surface area contributed by atoms with Gasteiger partial charge in [0.1, 0.15) is 5.75 Å². The van der Waals surface area contributed by atoms with E-state index in [0.717, 1.165) is 37.1 Å². The Morgan fingerprint density at radius 1 is 1.35 bits per heavy atom. The summed E-state index contributed by atoms with van der Waals surface area (Å²) < 4.78 is 28.7. The minimum atomic E-state index is -3.42. The fourth-order valence-electron chi connectivity index (χ4n) is 2.90. The Morgan fingerprint density at radius 3 is 2.73 bits per heavy atom. The van der Waals surface area contributed by atoms with Crippen molar-refractivity contribution in [3.05, 3.63) is 34.8 Å². The number of hydrogen-bond donors (Lipinski definition) is 2. The van der Waals surface area contributed by atoms with E-state index in [1.165, 1.54) is 36.6 Å². The highest BCUT2D eigenvalue weighted by Gasteiger charge is 2.20. The first-order valence-corrected chi connectivity index (χ1v) is 10.9. The number of ether oxygens (including phenoxy) is 1. The standard InChI is InChI=1S/C17H21N3O4S2/c1-24-14-4-3-12(26(2,22)23)9-13(14)16(21)20-17-19-10-15(25-17)11-5-7-18-8-6-11/h3-4,9-11,18H,5-8H2,1-2H3,(H,19,20,21). The van der Waals surface area contributed by atoms with Crippen LogP contribution < -0.4 is 15.4 Å². The normalized spacial score (nSPS) is 15.6. The zero-order valence-electron chi connectivity index (χ0n) is 14.6. The van der Waals surface area contributed by atoms with Gasteiger partial charge >= 0.3 is 0 Å². The molecule has 3 rings (SSSR count). The second-order valence-electron chi connectivity index (χ2n) is 6.18. The third-order valence-electron chi connectivity index (χ3n) is 4.33. The summed E-state index contributed by atoms with van der Waals surface area (Å²) in [6, 6.07) is 4.22. The van der Waals surface area contributed by atoms with Gasteiger partial charge in [-0.1, -0.05) is 0 Å². The van der Waals surface area contributed by atoms with Gasteiger partial charge in [-0.05, 0) is 50.0 Å². The predicted molar refractivity (Wildman–Crippen MR) is 101 cm³/mol. The van der Waals surface area contributed by atoms with Gasteiger partial charge in [-0.2, -0.15) is 0 Å². The smallest absolute Gasteiger partial charge is 0.261 e. The molecule has 0 radical (unpaired) electrons. The Balaban J connectivity index is 1.80. The van der Waals surface area contributed by atoms with Crippen LogP contribution in [0.1, 0.15) is 34.0 Å². The molecular formula is C17H21N3O4S2. The number of piperidine rings is 1. The number of carbonyl (C=O) groups excluding carboxylic acids is 1. The molecule has 1 aliphatic rings. The molecule has 0 spiro atoms. The summed E-state index contributed by atoms with van der Waals surface area (Å²) in [6.45, 7) is 1.97. The molecule has 26 heavy (non-hydrogen) atoms. The van der Waals surface area contributed by atoms with Gasteiger partial charge in [0, 0.05) is 17.3 Å². The number of rotatable bonds is 5. The molecule has 2 aromatic rings. The molecule has 9 heteroatoms. The van der Waals surface area contributed by atoms with Crippen LogP contribution in [0.3, 0.4) is 0 Å². The maximum atomic E-state index is 12.6. The van der Waals surface area contributed by atoms with E-state index in [1.54, 1.807) is 6.20 Å². The molecule has 0 atom stereocenters. The Labute approximate surface area is 156 Å². The molecule has 0 saturated carbocycles. The van der Waals surface area contributed by atoms with E-state index in [9.17, 15) is 13.2 Å². The fraction of sp³-hybridized carbons (Fsp3) is 0.412. The van der Waals surface area contributed by atoms with Gasteiger partial charge in [0.05, 0.1) is 17.6 Å². The molecule has 1 aromatic heterocycles. The molecular weight excluding hydrogens is 374 g/mol. The molecule has 0 aliphatic carbocycles. The Bertz CT molecular complexity index is 902. The lowest BCUT2D eigenvalue weighted by Gasteiger charge is -2.20. The number of benzene rings is 1. The molecule has 7 nitrogen and oxygen atoms in total. The number of hydrogen-bond acceptors (Lipinski definition) is 7. The second-order valence-corrected chi connectivity index (χ2v) is 9.26. The van der Waals surface area contributed by atoms with Crippen molar-refractivity contribution in [2.24, 2.45) is 0 Å². The number of sulfone groups is 1. The molecule has 0 bridgehead atoms. The third-order valence-corrected chi connectivity index (χ3v) is 6.51. The van der Waals surface area contributed by atoms with E-state index in [-0.39, 0.29) is 10.5 Å². The first kappa shape index (κ1) is 18.8. The van der Waals surface area contributed by atoms with E-state index < -0.39 is 15.7 Å². The van der Waals surface area contributed by atoms with Crippen molar-refractivity contribution in [1.82, 2.24) is 10.3 Å². The van der Waals surface area contributed by atoms with Crippen molar-refractivity contribution in [3.63, 3.8) is 0 Å². The summed E-state index contributed by atoms with van der Waals surface area (Å²) in [5, 5.41) is 6.57. The van der Waals surface area contributed by atoms with Crippen LogP contribution in [-0.4, -0.2) is 45.8 Å². The van der Waals surface area contributed by atoms with Crippen LogP contribution in [0, 0.1) is 0 Å². The van der Waals surface area contributed by atoms with Crippen LogP contribution in [0.2, 0.25) is 0 Å². The average molecular weight is 396 g/mol. The number of anilines is 1. The summed E-state index contributed by atoms with van der Waals surface area (Å²) >= 11 is 1.46. The van der Waals surface area contributed by atoms with E-state index >= 15 is 0 Å². The van der Waals surface area contributed by atoms with Crippen molar-refractivity contribution in [1.29, 1.82) is 0 Å². The van der Waals surface area contributed by atoms with Crippen molar-refractivity contribution in [2.45, 2.75) is 23.7 Å². The molecule has 2 heterocycles. The minimum absolute atomic E-state index is 0.0676. The first-order chi connectivity index (χ1) is 12.4. The van der Waals surface area contributed by atoms with E-state index in [4.69, 9.17) is 4.74 Å². The Kier molecular flexibility index (Phi) is 5.59. The number of nitrogens with one attached hydrogen (secondary N) is 2. The first-order valence-electron chi connectivity index (χ1n) is 8.24. The molecule has 0 unspecified atom stereocenters. The minimum Gasteiger partial charge on any atom is -0.496 e. The average Bonchev–Trinajstić information content (AvgIpc) is 3.09.